The van der Waals surface area contributed by atoms with Crippen LogP contribution in [0.15, 0.2) is 23.1 Å². The van der Waals surface area contributed by atoms with E-state index in [1.165, 1.54) is 11.8 Å². The van der Waals surface area contributed by atoms with Gasteiger partial charge in [-0.2, -0.15) is 0 Å². The molecule has 0 spiro atoms. The molecule has 0 saturated carbocycles. The second-order valence-electron chi connectivity index (χ2n) is 2.97. The van der Waals surface area contributed by atoms with E-state index in [1.54, 1.807) is 19.1 Å². The maximum absolute atomic E-state index is 11.2. The van der Waals surface area contributed by atoms with Gasteiger partial charge in [0.25, 0.3) is 0 Å². The third-order valence-corrected chi connectivity index (χ3v) is 3.31. The van der Waals surface area contributed by atoms with Crippen molar-refractivity contribution in [2.24, 2.45) is 0 Å². The summed E-state index contributed by atoms with van der Waals surface area (Å²) >= 11 is 7.23. The highest BCUT2D eigenvalue weighted by Gasteiger charge is 2.09. The minimum absolute atomic E-state index is 0.134. The predicted octanol–water partition coefficient (Wildman–Crippen LogP) is 2.49. The zero-order chi connectivity index (χ0) is 12.0. The van der Waals surface area contributed by atoms with Crippen LogP contribution in [0.4, 0.5) is 0 Å². The molecule has 1 aromatic carbocycles. The predicted molar refractivity (Wildman–Crippen MR) is 64.7 cm³/mol. The molecule has 16 heavy (non-hydrogen) atoms. The summed E-state index contributed by atoms with van der Waals surface area (Å²) in [4.78, 5) is 12.0. The van der Waals surface area contributed by atoms with Crippen LogP contribution >= 0.6 is 23.4 Å². The monoisotopic (exact) mass is 260 g/mol. The number of halogens is 1. The number of carbonyl (C=O) groups is 1. The molecule has 0 radical (unpaired) electrons. The van der Waals surface area contributed by atoms with Crippen molar-refractivity contribution >= 4 is 29.3 Å². The van der Waals surface area contributed by atoms with Crippen molar-refractivity contribution in [3.05, 3.63) is 28.8 Å². The van der Waals surface area contributed by atoms with Gasteiger partial charge in [0.15, 0.2) is 0 Å². The Balaban J connectivity index is 2.66. The largest absolute Gasteiger partial charge is 0.465 e. The van der Waals surface area contributed by atoms with E-state index in [0.717, 1.165) is 4.90 Å². The Morgan fingerprint density at radius 3 is 2.94 bits per heavy atom. The topological polar surface area (TPSA) is 46.5 Å². The van der Waals surface area contributed by atoms with Crippen LogP contribution in [0.1, 0.15) is 12.5 Å². The van der Waals surface area contributed by atoms with Crippen LogP contribution in [-0.4, -0.2) is 23.4 Å². The third-order valence-electron chi connectivity index (χ3n) is 1.88. The molecule has 0 aromatic heterocycles. The van der Waals surface area contributed by atoms with Gasteiger partial charge < -0.3 is 9.84 Å². The molecule has 0 aliphatic rings. The summed E-state index contributed by atoms with van der Waals surface area (Å²) in [5, 5.41) is 9.66. The molecule has 1 N–H and O–H groups in total. The molecule has 1 aromatic rings. The molecule has 3 nitrogen and oxygen atoms in total. The number of hydrogen-bond acceptors (Lipinski definition) is 4. The number of ether oxygens (including phenoxy) is 1. The van der Waals surface area contributed by atoms with Crippen molar-refractivity contribution in [1.29, 1.82) is 0 Å². The lowest BCUT2D eigenvalue weighted by atomic mass is 10.2. The van der Waals surface area contributed by atoms with E-state index in [-0.39, 0.29) is 18.3 Å². The van der Waals surface area contributed by atoms with Crippen LogP contribution < -0.4 is 0 Å². The SMILES string of the molecule is CCOC(=O)CSc1cccc(Cl)c1CO. The molecule has 1 rings (SSSR count). The molecule has 0 aliphatic carbocycles. The van der Waals surface area contributed by atoms with E-state index in [1.807, 2.05) is 6.07 Å². The summed E-state index contributed by atoms with van der Waals surface area (Å²) in [6.45, 7) is 2.01. The number of benzene rings is 1. The molecule has 0 saturated heterocycles. The molecule has 0 unspecified atom stereocenters. The van der Waals surface area contributed by atoms with Gasteiger partial charge in [0, 0.05) is 15.5 Å². The second kappa shape index (κ2) is 6.78. The first kappa shape index (κ1) is 13.4. The van der Waals surface area contributed by atoms with Gasteiger partial charge in [-0.3, -0.25) is 4.79 Å². The van der Waals surface area contributed by atoms with Crippen LogP contribution in [0, 0.1) is 0 Å². The van der Waals surface area contributed by atoms with E-state index in [4.69, 9.17) is 21.4 Å². The molecular formula is C11H13ClO3S. The first-order chi connectivity index (χ1) is 7.69. The van der Waals surface area contributed by atoms with Crippen LogP contribution in [0.3, 0.4) is 0 Å². The molecule has 0 fully saturated rings. The molecule has 5 heteroatoms. The van der Waals surface area contributed by atoms with Crippen LogP contribution in [-0.2, 0) is 16.1 Å². The normalized spacial score (nSPS) is 10.2. The van der Waals surface area contributed by atoms with E-state index in [9.17, 15) is 4.79 Å². The lowest BCUT2D eigenvalue weighted by molar-refractivity contribution is -0.139. The number of hydrogen-bond donors (Lipinski definition) is 1. The van der Waals surface area contributed by atoms with Gasteiger partial charge in [0.05, 0.1) is 19.0 Å². The standard InChI is InChI=1S/C11H13ClO3S/c1-2-15-11(14)7-16-10-5-3-4-9(12)8(10)6-13/h3-5,13H,2,6-7H2,1H3. The number of rotatable bonds is 5. The zero-order valence-electron chi connectivity index (χ0n) is 8.90. The summed E-state index contributed by atoms with van der Waals surface area (Å²) < 4.78 is 4.81. The van der Waals surface area contributed by atoms with Crippen molar-refractivity contribution in [2.45, 2.75) is 18.4 Å². The van der Waals surface area contributed by atoms with Gasteiger partial charge >= 0.3 is 5.97 Å². The van der Waals surface area contributed by atoms with Gasteiger partial charge in [-0.05, 0) is 19.1 Å². The Labute approximate surface area is 104 Å². The first-order valence-electron chi connectivity index (χ1n) is 4.85. The molecule has 0 aliphatic heterocycles. The Morgan fingerprint density at radius 1 is 1.56 bits per heavy atom. The quantitative estimate of drug-likeness (QED) is 0.653. The van der Waals surface area contributed by atoms with Crippen LogP contribution in [0.25, 0.3) is 0 Å². The van der Waals surface area contributed by atoms with Crippen molar-refractivity contribution in [3.63, 3.8) is 0 Å². The lowest BCUT2D eigenvalue weighted by Crippen LogP contribution is -2.06. The van der Waals surface area contributed by atoms with Crippen molar-refractivity contribution < 1.29 is 14.6 Å². The highest BCUT2D eigenvalue weighted by Crippen LogP contribution is 2.28. The fourth-order valence-corrected chi connectivity index (χ4v) is 2.34. The Hall–Kier alpha value is -0.710. The number of aliphatic hydroxyl groups excluding tert-OH is 1. The highest BCUT2D eigenvalue weighted by atomic mass is 35.5. The molecule has 0 atom stereocenters. The molecule has 0 amide bonds. The average Bonchev–Trinajstić information content (AvgIpc) is 2.27. The zero-order valence-corrected chi connectivity index (χ0v) is 10.5. The van der Waals surface area contributed by atoms with Gasteiger partial charge in [-0.1, -0.05) is 17.7 Å². The maximum atomic E-state index is 11.2. The Kier molecular flexibility index (Phi) is 5.66. The van der Waals surface area contributed by atoms with Gasteiger partial charge in [-0.25, -0.2) is 0 Å². The minimum Gasteiger partial charge on any atom is -0.465 e. The Bertz CT molecular complexity index is 368. The average molecular weight is 261 g/mol. The summed E-state index contributed by atoms with van der Waals surface area (Å²) in [7, 11) is 0. The van der Waals surface area contributed by atoms with E-state index < -0.39 is 0 Å². The van der Waals surface area contributed by atoms with Crippen molar-refractivity contribution in [2.75, 3.05) is 12.4 Å². The summed E-state index contributed by atoms with van der Waals surface area (Å²) in [6, 6.07) is 5.32. The number of esters is 1. The third kappa shape index (κ3) is 3.70. The molecule has 0 heterocycles. The molecule has 0 bridgehead atoms. The Morgan fingerprint density at radius 2 is 2.31 bits per heavy atom. The first-order valence-corrected chi connectivity index (χ1v) is 6.22. The lowest BCUT2D eigenvalue weighted by Gasteiger charge is -2.08. The van der Waals surface area contributed by atoms with E-state index in [2.05, 4.69) is 0 Å². The van der Waals surface area contributed by atoms with Crippen molar-refractivity contribution in [1.82, 2.24) is 0 Å². The van der Waals surface area contributed by atoms with Gasteiger partial charge in [-0.15, -0.1) is 11.8 Å². The van der Waals surface area contributed by atoms with Crippen LogP contribution in [0.5, 0.6) is 0 Å². The maximum Gasteiger partial charge on any atom is 0.316 e. The highest BCUT2D eigenvalue weighted by molar-refractivity contribution is 8.00. The van der Waals surface area contributed by atoms with Crippen molar-refractivity contribution in [3.8, 4) is 0 Å². The second-order valence-corrected chi connectivity index (χ2v) is 4.39. The fraction of sp³-hybridized carbons (Fsp3) is 0.364. The minimum atomic E-state index is -0.267. The molecular weight excluding hydrogens is 248 g/mol. The number of carbonyl (C=O) groups excluding carboxylic acids is 1. The van der Waals surface area contributed by atoms with E-state index in [0.29, 0.717) is 17.2 Å². The fourth-order valence-electron chi connectivity index (χ4n) is 1.17. The summed E-state index contributed by atoms with van der Waals surface area (Å²) in [5.74, 6) is -0.0439. The van der Waals surface area contributed by atoms with Gasteiger partial charge in [0.2, 0.25) is 0 Å². The van der Waals surface area contributed by atoms with Crippen LogP contribution in [0.2, 0.25) is 5.02 Å². The summed E-state index contributed by atoms with van der Waals surface area (Å²) in [5.41, 5.74) is 0.651. The number of aliphatic hydroxyl groups is 1. The smallest absolute Gasteiger partial charge is 0.316 e. The van der Waals surface area contributed by atoms with E-state index >= 15 is 0 Å². The van der Waals surface area contributed by atoms with Gasteiger partial charge in [0.1, 0.15) is 0 Å². The molecule has 88 valence electrons. The summed E-state index contributed by atoms with van der Waals surface area (Å²) in [6.07, 6.45) is 0. The number of thioether (sulfide) groups is 1.